The maximum absolute atomic E-state index is 12.8. The fourth-order valence-corrected chi connectivity index (χ4v) is 6.01. The summed E-state index contributed by atoms with van der Waals surface area (Å²) < 4.78 is 15.5. The molecular weight excluding hydrogens is 388 g/mol. The highest BCUT2D eigenvalue weighted by molar-refractivity contribution is 7.93. The Hall–Kier alpha value is -2.35. The standard InChI is InChI=1S/C21H22N4OS2/c1-3-4-12-28(26)21-18(22)17-15(14-8-6-5-7-9-14)13-16(24-20(17)27-21)19-23-10-11-25(19)2/h5-11,13H,3-4,12,22H2,1-2H3. The van der Waals surface area contributed by atoms with Crippen LogP contribution in [0.2, 0.25) is 0 Å². The summed E-state index contributed by atoms with van der Waals surface area (Å²) in [6.45, 7) is 2.10. The molecule has 0 amide bonds. The molecule has 144 valence electrons. The van der Waals surface area contributed by atoms with E-state index in [-0.39, 0.29) is 0 Å². The molecule has 2 N–H and O–H groups in total. The van der Waals surface area contributed by atoms with E-state index in [0.717, 1.165) is 49.9 Å². The molecule has 1 aromatic carbocycles. The van der Waals surface area contributed by atoms with Crippen molar-refractivity contribution in [3.63, 3.8) is 0 Å². The number of imidazole rings is 1. The fraction of sp³-hybridized carbons (Fsp3) is 0.238. The van der Waals surface area contributed by atoms with Crippen LogP contribution in [0.25, 0.3) is 32.9 Å². The van der Waals surface area contributed by atoms with E-state index in [2.05, 4.69) is 24.0 Å². The van der Waals surface area contributed by atoms with Gasteiger partial charge in [-0.2, -0.15) is 0 Å². The van der Waals surface area contributed by atoms with Crippen LogP contribution in [-0.4, -0.2) is 24.8 Å². The van der Waals surface area contributed by atoms with Crippen LogP contribution in [0.5, 0.6) is 0 Å². The number of hydrogen-bond donors (Lipinski definition) is 1. The maximum Gasteiger partial charge on any atom is 0.232 e. The van der Waals surface area contributed by atoms with Crippen LogP contribution >= 0.6 is 11.3 Å². The summed E-state index contributed by atoms with van der Waals surface area (Å²) in [6, 6.07) is 12.1. The third kappa shape index (κ3) is 3.41. The number of anilines is 1. The molecule has 4 aromatic rings. The quantitative estimate of drug-likeness (QED) is 0.461. The van der Waals surface area contributed by atoms with Gasteiger partial charge in [-0.3, -0.25) is 0 Å². The van der Waals surface area contributed by atoms with E-state index < -0.39 is 11.2 Å². The zero-order chi connectivity index (χ0) is 19.7. The summed E-state index contributed by atoms with van der Waals surface area (Å²) in [4.78, 5) is 10.1. The zero-order valence-corrected chi connectivity index (χ0v) is 17.5. The van der Waals surface area contributed by atoms with Gasteiger partial charge in [-0.25, -0.2) is 9.97 Å². The Labute approximate surface area is 171 Å². The van der Waals surface area contributed by atoms with Crippen LogP contribution in [0, 0.1) is 0 Å². The molecule has 0 saturated heterocycles. The van der Waals surface area contributed by atoms with E-state index >= 15 is 0 Å². The Morgan fingerprint density at radius 1 is 1.25 bits per heavy atom. The zero-order valence-electron chi connectivity index (χ0n) is 15.9. The molecule has 3 aromatic heterocycles. The number of aromatic nitrogens is 3. The first-order valence-electron chi connectivity index (χ1n) is 9.24. The lowest BCUT2D eigenvalue weighted by Crippen LogP contribution is -2.06. The van der Waals surface area contributed by atoms with E-state index in [4.69, 9.17) is 10.7 Å². The van der Waals surface area contributed by atoms with E-state index in [9.17, 15) is 4.55 Å². The minimum Gasteiger partial charge on any atom is -0.611 e. The van der Waals surface area contributed by atoms with Gasteiger partial charge in [0.15, 0.2) is 5.82 Å². The number of rotatable bonds is 6. The van der Waals surface area contributed by atoms with Gasteiger partial charge in [-0.05, 0) is 34.8 Å². The van der Waals surface area contributed by atoms with Crippen molar-refractivity contribution in [3.05, 3.63) is 48.8 Å². The monoisotopic (exact) mass is 410 g/mol. The molecule has 7 heteroatoms. The highest BCUT2D eigenvalue weighted by Gasteiger charge is 2.25. The van der Waals surface area contributed by atoms with Gasteiger partial charge < -0.3 is 14.9 Å². The predicted octanol–water partition coefficient (Wildman–Crippen LogP) is 4.85. The Morgan fingerprint density at radius 3 is 2.71 bits per heavy atom. The first-order valence-corrected chi connectivity index (χ1v) is 11.4. The molecule has 0 spiro atoms. The van der Waals surface area contributed by atoms with Gasteiger partial charge in [0.05, 0.1) is 0 Å². The minimum absolute atomic E-state index is 0.590. The summed E-state index contributed by atoms with van der Waals surface area (Å²) in [5, 5.41) is 0.883. The van der Waals surface area contributed by atoms with Crippen LogP contribution in [-0.2, 0) is 18.2 Å². The van der Waals surface area contributed by atoms with Gasteiger partial charge in [0, 0.05) is 24.8 Å². The summed E-state index contributed by atoms with van der Waals surface area (Å²) in [5.41, 5.74) is 9.93. The second kappa shape index (κ2) is 7.95. The van der Waals surface area contributed by atoms with Crippen LogP contribution in [0.4, 0.5) is 5.69 Å². The molecule has 0 aliphatic heterocycles. The van der Waals surface area contributed by atoms with E-state index in [1.165, 1.54) is 11.3 Å². The van der Waals surface area contributed by atoms with E-state index in [0.29, 0.717) is 11.4 Å². The second-order valence-electron chi connectivity index (χ2n) is 6.67. The van der Waals surface area contributed by atoms with Gasteiger partial charge in [0.1, 0.15) is 22.0 Å². The average Bonchev–Trinajstić information content (AvgIpc) is 3.29. The molecule has 0 fully saturated rings. The molecule has 0 bridgehead atoms. The molecule has 0 saturated carbocycles. The van der Waals surface area contributed by atoms with Crippen LogP contribution in [0.15, 0.2) is 53.0 Å². The first-order chi connectivity index (χ1) is 13.6. The molecule has 4 rings (SSSR count). The average molecular weight is 411 g/mol. The highest BCUT2D eigenvalue weighted by Crippen LogP contribution is 2.43. The molecule has 28 heavy (non-hydrogen) atoms. The smallest absolute Gasteiger partial charge is 0.232 e. The first kappa shape index (κ1) is 19.0. The molecular formula is C21H22N4OS2. The largest absolute Gasteiger partial charge is 0.611 e. The molecule has 5 nitrogen and oxygen atoms in total. The van der Waals surface area contributed by atoms with Crippen molar-refractivity contribution in [2.75, 3.05) is 11.5 Å². The Bertz CT molecular complexity index is 1100. The highest BCUT2D eigenvalue weighted by atomic mass is 32.2. The number of thiophene rings is 1. The van der Waals surface area contributed by atoms with Crippen molar-refractivity contribution in [1.82, 2.24) is 14.5 Å². The van der Waals surface area contributed by atoms with E-state index in [1.54, 1.807) is 6.20 Å². The minimum atomic E-state index is -1.11. The lowest BCUT2D eigenvalue weighted by atomic mass is 10.0. The lowest BCUT2D eigenvalue weighted by molar-refractivity contribution is 0.594. The van der Waals surface area contributed by atoms with Crippen molar-refractivity contribution in [3.8, 4) is 22.6 Å². The van der Waals surface area contributed by atoms with Gasteiger partial charge in [-0.15, -0.1) is 0 Å². The van der Waals surface area contributed by atoms with Gasteiger partial charge in [-0.1, -0.05) is 55.0 Å². The number of unbranched alkanes of at least 4 members (excludes halogenated alkanes) is 1. The molecule has 3 heterocycles. The van der Waals surface area contributed by atoms with Crippen LogP contribution in [0.1, 0.15) is 19.8 Å². The summed E-state index contributed by atoms with van der Waals surface area (Å²) in [6.07, 6.45) is 5.58. The Morgan fingerprint density at radius 2 is 2.04 bits per heavy atom. The number of aryl methyl sites for hydroxylation is 1. The predicted molar refractivity (Wildman–Crippen MR) is 118 cm³/mol. The SMILES string of the molecule is CCCC[S+]([O-])c1sc2nc(-c3nccn3C)cc(-c3ccccc3)c2c1N. The molecule has 0 radical (unpaired) electrons. The van der Waals surface area contributed by atoms with Gasteiger partial charge >= 0.3 is 0 Å². The van der Waals surface area contributed by atoms with Crippen molar-refractivity contribution < 1.29 is 4.55 Å². The number of fused-ring (bicyclic) bond motifs is 1. The number of benzene rings is 1. The number of pyridine rings is 1. The Kier molecular flexibility index (Phi) is 5.39. The van der Waals surface area contributed by atoms with Crippen molar-refractivity contribution in [2.45, 2.75) is 24.0 Å². The summed E-state index contributed by atoms with van der Waals surface area (Å²) >= 11 is 0.328. The second-order valence-corrected chi connectivity index (χ2v) is 9.43. The molecule has 1 unspecified atom stereocenters. The van der Waals surface area contributed by atoms with Crippen molar-refractivity contribution >= 4 is 38.4 Å². The van der Waals surface area contributed by atoms with Crippen molar-refractivity contribution in [2.24, 2.45) is 7.05 Å². The summed E-state index contributed by atoms with van der Waals surface area (Å²) in [5.74, 6) is 1.42. The van der Waals surface area contributed by atoms with Crippen LogP contribution < -0.4 is 5.73 Å². The van der Waals surface area contributed by atoms with Crippen LogP contribution in [0.3, 0.4) is 0 Å². The number of nitrogens with two attached hydrogens (primary N) is 1. The van der Waals surface area contributed by atoms with E-state index in [1.807, 2.05) is 42.1 Å². The normalized spacial score (nSPS) is 12.5. The van der Waals surface area contributed by atoms with Crippen molar-refractivity contribution in [1.29, 1.82) is 0 Å². The summed E-state index contributed by atoms with van der Waals surface area (Å²) in [7, 11) is 1.95. The number of hydrogen-bond acceptors (Lipinski definition) is 5. The third-order valence-corrected chi connectivity index (χ3v) is 7.68. The Balaban J connectivity index is 1.95. The molecule has 1 atom stereocenters. The van der Waals surface area contributed by atoms with Gasteiger partial charge in [0.25, 0.3) is 0 Å². The number of nitrogen functional groups attached to an aromatic ring is 1. The molecule has 0 aliphatic rings. The number of nitrogens with zero attached hydrogens (tertiary/aromatic N) is 3. The molecule has 0 aliphatic carbocycles. The topological polar surface area (TPSA) is 79.8 Å². The fourth-order valence-electron chi connectivity index (χ4n) is 3.21. The van der Waals surface area contributed by atoms with Gasteiger partial charge in [0.2, 0.25) is 4.21 Å². The third-order valence-electron chi connectivity index (χ3n) is 4.69. The lowest BCUT2D eigenvalue weighted by Gasteiger charge is -2.09. The maximum atomic E-state index is 12.8.